The number of carbonyl (C=O) groups is 1. The number of carbonyl (C=O) groups excluding carboxylic acids is 1. The minimum atomic E-state index is -3.37. The summed E-state index contributed by atoms with van der Waals surface area (Å²) in [6.07, 6.45) is 1.55. The lowest BCUT2D eigenvalue weighted by Crippen LogP contribution is -2.41. The average molecular weight is 268 g/mol. The molecule has 1 aliphatic heterocycles. The second-order valence-electron chi connectivity index (χ2n) is 4.57. The Balaban J connectivity index is 2.23. The van der Waals surface area contributed by atoms with E-state index in [0.29, 0.717) is 6.42 Å². The number of rotatable bonds is 3. The van der Waals surface area contributed by atoms with Gasteiger partial charge in [-0.15, -0.1) is 0 Å². The lowest BCUT2D eigenvalue weighted by atomic mass is 10.2. The molecule has 98 valence electrons. The summed E-state index contributed by atoms with van der Waals surface area (Å²) in [6, 6.07) is 8.60. The average Bonchev–Trinajstić information content (AvgIpc) is 2.53. The highest BCUT2D eigenvalue weighted by Gasteiger charge is 2.39. The van der Waals surface area contributed by atoms with Gasteiger partial charge in [-0.25, -0.2) is 13.1 Å². The predicted octanol–water partition coefficient (Wildman–Crippen LogP) is 0.730. The van der Waals surface area contributed by atoms with E-state index in [2.05, 4.69) is 4.72 Å². The molecule has 0 radical (unpaired) electrons. The fraction of sp³-hybridized carbons (Fsp3) is 0.417. The Hall–Kier alpha value is -1.40. The van der Waals surface area contributed by atoms with Crippen LogP contribution in [0.4, 0.5) is 5.69 Å². The molecule has 0 unspecified atom stereocenters. The van der Waals surface area contributed by atoms with Crippen LogP contribution in [0.25, 0.3) is 0 Å². The second kappa shape index (κ2) is 4.70. The maximum atomic E-state index is 12.2. The number of sulfonamides is 1. The summed E-state index contributed by atoms with van der Waals surface area (Å²) in [6.45, 7) is 1.91. The molecule has 18 heavy (non-hydrogen) atoms. The molecule has 1 N–H and O–H groups in total. The van der Waals surface area contributed by atoms with Crippen LogP contribution in [0.1, 0.15) is 13.3 Å². The van der Waals surface area contributed by atoms with Gasteiger partial charge in [0.1, 0.15) is 6.04 Å². The molecule has 0 aliphatic carbocycles. The Morgan fingerprint density at radius 2 is 1.89 bits per heavy atom. The van der Waals surface area contributed by atoms with Crippen LogP contribution in [0.2, 0.25) is 0 Å². The molecule has 1 aromatic rings. The van der Waals surface area contributed by atoms with E-state index in [0.717, 1.165) is 11.9 Å². The molecule has 1 aliphatic rings. The summed E-state index contributed by atoms with van der Waals surface area (Å²) in [4.78, 5) is 13.8. The van der Waals surface area contributed by atoms with Crippen LogP contribution in [0.3, 0.4) is 0 Å². The first-order valence-corrected chi connectivity index (χ1v) is 7.63. The van der Waals surface area contributed by atoms with Gasteiger partial charge < -0.3 is 4.90 Å². The third-order valence-corrected chi connectivity index (χ3v) is 3.66. The van der Waals surface area contributed by atoms with Crippen molar-refractivity contribution in [2.24, 2.45) is 0 Å². The lowest BCUT2D eigenvalue weighted by Gasteiger charge is -2.21. The van der Waals surface area contributed by atoms with Crippen LogP contribution < -0.4 is 9.62 Å². The summed E-state index contributed by atoms with van der Waals surface area (Å²) >= 11 is 0. The summed E-state index contributed by atoms with van der Waals surface area (Å²) in [7, 11) is -3.37. The van der Waals surface area contributed by atoms with E-state index in [9.17, 15) is 13.2 Å². The quantitative estimate of drug-likeness (QED) is 0.879. The van der Waals surface area contributed by atoms with E-state index in [-0.39, 0.29) is 11.9 Å². The summed E-state index contributed by atoms with van der Waals surface area (Å²) in [5.41, 5.74) is 0.799. The van der Waals surface area contributed by atoms with Crippen molar-refractivity contribution in [1.82, 2.24) is 4.72 Å². The molecule has 0 bridgehead atoms. The molecule has 0 spiro atoms. The Bertz CT molecular complexity index is 542. The van der Waals surface area contributed by atoms with Gasteiger partial charge in [0.05, 0.1) is 6.26 Å². The topological polar surface area (TPSA) is 66.5 Å². The van der Waals surface area contributed by atoms with Crippen LogP contribution in [-0.4, -0.2) is 32.7 Å². The smallest absolute Gasteiger partial charge is 0.245 e. The zero-order valence-corrected chi connectivity index (χ0v) is 11.1. The monoisotopic (exact) mass is 268 g/mol. The van der Waals surface area contributed by atoms with Crippen LogP contribution in [0, 0.1) is 0 Å². The number of anilines is 1. The van der Waals surface area contributed by atoms with Gasteiger partial charge >= 0.3 is 0 Å². The van der Waals surface area contributed by atoms with E-state index in [1.54, 1.807) is 4.90 Å². The van der Waals surface area contributed by atoms with E-state index in [1.165, 1.54) is 0 Å². The summed E-state index contributed by atoms with van der Waals surface area (Å²) in [5.74, 6) is -0.195. The molecule has 6 heteroatoms. The van der Waals surface area contributed by atoms with Gasteiger partial charge in [-0.3, -0.25) is 4.79 Å². The second-order valence-corrected chi connectivity index (χ2v) is 6.35. The summed E-state index contributed by atoms with van der Waals surface area (Å²) in [5, 5.41) is 0. The fourth-order valence-corrected chi connectivity index (χ4v) is 2.97. The first-order valence-electron chi connectivity index (χ1n) is 5.74. The number of para-hydroxylation sites is 1. The van der Waals surface area contributed by atoms with Crippen molar-refractivity contribution in [3.05, 3.63) is 30.3 Å². The van der Waals surface area contributed by atoms with Gasteiger partial charge in [0.25, 0.3) is 0 Å². The predicted molar refractivity (Wildman–Crippen MR) is 69.8 cm³/mol. The Morgan fingerprint density at radius 1 is 1.28 bits per heavy atom. The number of nitrogens with zero attached hydrogens (tertiary/aromatic N) is 1. The first-order chi connectivity index (χ1) is 8.38. The SMILES string of the molecule is C[C@@H]1C[C@H](NS(C)(=O)=O)C(=O)N1c1ccccc1. The Kier molecular flexibility index (Phi) is 3.41. The van der Waals surface area contributed by atoms with Gasteiger partial charge in [0, 0.05) is 11.7 Å². The minimum absolute atomic E-state index is 0.0147. The van der Waals surface area contributed by atoms with Crippen molar-refractivity contribution >= 4 is 21.6 Å². The van der Waals surface area contributed by atoms with Gasteiger partial charge in [-0.05, 0) is 25.5 Å². The number of nitrogens with one attached hydrogen (secondary N) is 1. The molecule has 1 fully saturated rings. The van der Waals surface area contributed by atoms with E-state index >= 15 is 0 Å². The normalized spacial score (nSPS) is 24.6. The van der Waals surface area contributed by atoms with Crippen molar-refractivity contribution in [3.8, 4) is 0 Å². The molecule has 1 amide bonds. The molecule has 2 atom stereocenters. The molecule has 0 aromatic heterocycles. The fourth-order valence-electron chi connectivity index (χ4n) is 2.26. The number of amides is 1. The first kappa shape index (κ1) is 13.0. The maximum absolute atomic E-state index is 12.2. The van der Waals surface area contributed by atoms with Crippen molar-refractivity contribution < 1.29 is 13.2 Å². The molecule has 2 rings (SSSR count). The third kappa shape index (κ3) is 2.70. The third-order valence-electron chi connectivity index (χ3n) is 2.94. The highest BCUT2D eigenvalue weighted by Crippen LogP contribution is 2.26. The van der Waals surface area contributed by atoms with Crippen LogP contribution >= 0.6 is 0 Å². The number of benzene rings is 1. The van der Waals surface area contributed by atoms with Crippen molar-refractivity contribution in [2.75, 3.05) is 11.2 Å². The number of hydrogen-bond donors (Lipinski definition) is 1. The van der Waals surface area contributed by atoms with Crippen molar-refractivity contribution in [3.63, 3.8) is 0 Å². The van der Waals surface area contributed by atoms with Crippen molar-refractivity contribution in [1.29, 1.82) is 0 Å². The van der Waals surface area contributed by atoms with Gasteiger partial charge in [-0.1, -0.05) is 18.2 Å². The molecule has 1 saturated heterocycles. The highest BCUT2D eigenvalue weighted by atomic mass is 32.2. The van der Waals surface area contributed by atoms with E-state index < -0.39 is 16.1 Å². The van der Waals surface area contributed by atoms with Crippen LogP contribution in [-0.2, 0) is 14.8 Å². The van der Waals surface area contributed by atoms with E-state index in [1.807, 2.05) is 37.3 Å². The van der Waals surface area contributed by atoms with Crippen LogP contribution in [0.5, 0.6) is 0 Å². The zero-order chi connectivity index (χ0) is 13.3. The molecule has 0 saturated carbocycles. The molecule has 1 heterocycles. The highest BCUT2D eigenvalue weighted by molar-refractivity contribution is 7.88. The minimum Gasteiger partial charge on any atom is -0.308 e. The molecule has 1 aromatic carbocycles. The van der Waals surface area contributed by atoms with Crippen LogP contribution in [0.15, 0.2) is 30.3 Å². The molecular formula is C12H16N2O3S. The maximum Gasteiger partial charge on any atom is 0.245 e. The molecular weight excluding hydrogens is 252 g/mol. The van der Waals surface area contributed by atoms with Gasteiger partial charge in [0.2, 0.25) is 15.9 Å². The Morgan fingerprint density at radius 3 is 2.44 bits per heavy atom. The van der Waals surface area contributed by atoms with Gasteiger partial charge in [-0.2, -0.15) is 0 Å². The largest absolute Gasteiger partial charge is 0.308 e. The lowest BCUT2D eigenvalue weighted by molar-refractivity contribution is -0.118. The Labute approximate surface area is 107 Å². The zero-order valence-electron chi connectivity index (χ0n) is 10.3. The number of hydrogen-bond acceptors (Lipinski definition) is 3. The van der Waals surface area contributed by atoms with Crippen molar-refractivity contribution in [2.45, 2.75) is 25.4 Å². The summed E-state index contributed by atoms with van der Waals surface area (Å²) < 4.78 is 24.8. The molecule has 5 nitrogen and oxygen atoms in total. The van der Waals surface area contributed by atoms with Gasteiger partial charge in [0.15, 0.2) is 0 Å². The van der Waals surface area contributed by atoms with E-state index in [4.69, 9.17) is 0 Å². The standard InChI is InChI=1S/C12H16N2O3S/c1-9-8-11(13-18(2,16)17)12(15)14(9)10-6-4-3-5-7-10/h3-7,9,11,13H,8H2,1-2H3/t9-,11+/m1/s1.